The number of carbonyl (C=O) groups is 1. The smallest absolute Gasteiger partial charge is 0.189 e. The summed E-state index contributed by atoms with van der Waals surface area (Å²) in [6.45, 7) is 3.81. The number of benzene rings is 2. The minimum absolute atomic E-state index is 0.0114. The van der Waals surface area contributed by atoms with E-state index in [1.807, 2.05) is 44.2 Å². The van der Waals surface area contributed by atoms with Gasteiger partial charge in [0, 0.05) is 0 Å². The summed E-state index contributed by atoms with van der Waals surface area (Å²) in [7, 11) is 0. The van der Waals surface area contributed by atoms with Gasteiger partial charge in [-0.1, -0.05) is 36.4 Å². The van der Waals surface area contributed by atoms with E-state index >= 15 is 0 Å². The van der Waals surface area contributed by atoms with Gasteiger partial charge in [-0.2, -0.15) is 0 Å². The van der Waals surface area contributed by atoms with Crippen LogP contribution < -0.4 is 4.74 Å². The van der Waals surface area contributed by atoms with Crippen molar-refractivity contribution in [2.45, 2.75) is 20.0 Å². The Hall–Kier alpha value is -2.55. The second-order valence-electron chi connectivity index (χ2n) is 4.95. The lowest BCUT2D eigenvalue weighted by molar-refractivity contribution is 0.104. The normalized spacial score (nSPS) is 11.0. The van der Waals surface area contributed by atoms with E-state index in [9.17, 15) is 9.90 Å². The third-order valence-corrected chi connectivity index (χ3v) is 2.83. The highest BCUT2D eigenvalue weighted by Crippen LogP contribution is 2.24. The molecule has 0 aliphatic carbocycles. The molecule has 0 aromatic heterocycles. The molecular weight excluding hydrogens is 264 g/mol. The van der Waals surface area contributed by atoms with Crippen LogP contribution in [0.1, 0.15) is 29.8 Å². The van der Waals surface area contributed by atoms with Crippen LogP contribution >= 0.6 is 0 Å². The number of phenols is 1. The van der Waals surface area contributed by atoms with Crippen LogP contribution in [-0.4, -0.2) is 17.0 Å². The van der Waals surface area contributed by atoms with Crippen molar-refractivity contribution in [2.75, 3.05) is 0 Å². The van der Waals surface area contributed by atoms with Gasteiger partial charge >= 0.3 is 0 Å². The highest BCUT2D eigenvalue weighted by atomic mass is 16.5. The van der Waals surface area contributed by atoms with Crippen LogP contribution in [-0.2, 0) is 0 Å². The van der Waals surface area contributed by atoms with Crippen LogP contribution in [0.4, 0.5) is 0 Å². The van der Waals surface area contributed by atoms with Crippen LogP contribution in [0, 0.1) is 0 Å². The number of hydrogen-bond donors (Lipinski definition) is 1. The minimum Gasteiger partial charge on any atom is -0.507 e. The molecule has 0 fully saturated rings. The van der Waals surface area contributed by atoms with E-state index in [4.69, 9.17) is 4.74 Å². The van der Waals surface area contributed by atoms with Crippen LogP contribution in [0.15, 0.2) is 54.6 Å². The molecule has 0 amide bonds. The molecule has 108 valence electrons. The summed E-state index contributed by atoms with van der Waals surface area (Å²) in [6, 6.07) is 14.2. The number of carbonyl (C=O) groups excluding carboxylic acids is 1. The summed E-state index contributed by atoms with van der Waals surface area (Å²) in [4.78, 5) is 12.2. The molecule has 0 saturated carbocycles. The SMILES string of the molecule is CC(C)Oc1ccc(O)c(C(=O)/C=C/c2ccccc2)c1. The maximum atomic E-state index is 12.2. The maximum Gasteiger partial charge on any atom is 0.189 e. The van der Waals surface area contributed by atoms with Gasteiger partial charge in [-0.15, -0.1) is 0 Å². The Bertz CT molecular complexity index is 643. The van der Waals surface area contributed by atoms with Crippen LogP contribution in [0.3, 0.4) is 0 Å². The summed E-state index contributed by atoms with van der Waals surface area (Å²) < 4.78 is 5.54. The van der Waals surface area contributed by atoms with Gasteiger partial charge in [0.1, 0.15) is 11.5 Å². The molecule has 0 aliphatic rings. The number of ether oxygens (including phenoxy) is 1. The molecule has 0 bridgehead atoms. The quantitative estimate of drug-likeness (QED) is 0.664. The fourth-order valence-corrected chi connectivity index (χ4v) is 1.88. The predicted octanol–water partition coefficient (Wildman–Crippen LogP) is 4.08. The molecule has 1 N–H and O–H groups in total. The van der Waals surface area contributed by atoms with E-state index < -0.39 is 0 Å². The second-order valence-corrected chi connectivity index (χ2v) is 4.95. The lowest BCUT2D eigenvalue weighted by Gasteiger charge is -2.11. The average Bonchev–Trinajstić information content (AvgIpc) is 2.47. The molecule has 0 spiro atoms. The zero-order valence-corrected chi connectivity index (χ0v) is 12.1. The van der Waals surface area contributed by atoms with Gasteiger partial charge in [0.2, 0.25) is 0 Å². The van der Waals surface area contributed by atoms with E-state index in [0.29, 0.717) is 5.75 Å². The Kier molecular flexibility index (Phi) is 4.77. The van der Waals surface area contributed by atoms with Gasteiger partial charge in [0.25, 0.3) is 0 Å². The Balaban J connectivity index is 2.20. The highest BCUT2D eigenvalue weighted by molar-refractivity contribution is 6.08. The summed E-state index contributed by atoms with van der Waals surface area (Å²) in [5.41, 5.74) is 1.17. The summed E-state index contributed by atoms with van der Waals surface area (Å²) in [5.74, 6) is 0.263. The number of allylic oxidation sites excluding steroid dienone is 1. The van der Waals surface area contributed by atoms with Gasteiger partial charge in [-0.3, -0.25) is 4.79 Å². The number of rotatable bonds is 5. The first-order valence-corrected chi connectivity index (χ1v) is 6.83. The lowest BCUT2D eigenvalue weighted by Crippen LogP contribution is -2.06. The lowest BCUT2D eigenvalue weighted by atomic mass is 10.1. The van der Waals surface area contributed by atoms with Gasteiger partial charge < -0.3 is 9.84 Å². The number of phenolic OH excluding ortho intramolecular Hbond substituents is 1. The van der Waals surface area contributed by atoms with E-state index in [1.54, 1.807) is 18.2 Å². The molecule has 2 rings (SSSR count). The molecule has 2 aromatic carbocycles. The molecular formula is C18H18O3. The Morgan fingerprint density at radius 2 is 1.86 bits per heavy atom. The first kappa shape index (κ1) is 14.9. The largest absolute Gasteiger partial charge is 0.507 e. The first-order chi connectivity index (χ1) is 10.1. The zero-order valence-electron chi connectivity index (χ0n) is 12.1. The summed E-state index contributed by atoms with van der Waals surface area (Å²) in [6.07, 6.45) is 3.18. The Labute approximate surface area is 124 Å². The van der Waals surface area contributed by atoms with Gasteiger partial charge in [-0.05, 0) is 43.7 Å². The average molecular weight is 282 g/mol. The highest BCUT2D eigenvalue weighted by Gasteiger charge is 2.10. The van der Waals surface area contributed by atoms with E-state index in [2.05, 4.69) is 0 Å². The van der Waals surface area contributed by atoms with Crippen molar-refractivity contribution in [3.8, 4) is 11.5 Å². The maximum absolute atomic E-state index is 12.2. The van der Waals surface area contributed by atoms with Gasteiger partial charge in [0.15, 0.2) is 5.78 Å². The molecule has 0 radical (unpaired) electrons. The van der Waals surface area contributed by atoms with Crippen LogP contribution in [0.2, 0.25) is 0 Å². The molecule has 0 aliphatic heterocycles. The van der Waals surface area contributed by atoms with Crippen molar-refractivity contribution in [3.63, 3.8) is 0 Å². The molecule has 0 unspecified atom stereocenters. The standard InChI is InChI=1S/C18H18O3/c1-13(2)21-15-9-11-18(20)16(12-15)17(19)10-8-14-6-4-3-5-7-14/h3-13,20H,1-2H3/b10-8+. The number of hydrogen-bond acceptors (Lipinski definition) is 3. The molecule has 2 aromatic rings. The van der Waals surface area contributed by atoms with E-state index in [-0.39, 0.29) is 23.2 Å². The molecule has 0 heterocycles. The monoisotopic (exact) mass is 282 g/mol. The summed E-state index contributed by atoms with van der Waals surface area (Å²) in [5, 5.41) is 9.83. The predicted molar refractivity (Wildman–Crippen MR) is 83.7 cm³/mol. The summed E-state index contributed by atoms with van der Waals surface area (Å²) >= 11 is 0. The van der Waals surface area contributed by atoms with Crippen molar-refractivity contribution in [3.05, 3.63) is 65.7 Å². The van der Waals surface area contributed by atoms with E-state index in [1.165, 1.54) is 12.1 Å². The van der Waals surface area contributed by atoms with Crippen molar-refractivity contribution in [1.29, 1.82) is 0 Å². The molecule has 21 heavy (non-hydrogen) atoms. The van der Waals surface area contributed by atoms with Crippen molar-refractivity contribution < 1.29 is 14.6 Å². The Morgan fingerprint density at radius 3 is 2.52 bits per heavy atom. The van der Waals surface area contributed by atoms with Gasteiger partial charge in [-0.25, -0.2) is 0 Å². The molecule has 0 atom stereocenters. The zero-order chi connectivity index (χ0) is 15.2. The van der Waals surface area contributed by atoms with Crippen LogP contribution in [0.25, 0.3) is 6.08 Å². The molecule has 0 saturated heterocycles. The van der Waals surface area contributed by atoms with Gasteiger partial charge in [0.05, 0.1) is 11.7 Å². The topological polar surface area (TPSA) is 46.5 Å². The minimum atomic E-state index is -0.259. The van der Waals surface area contributed by atoms with Crippen LogP contribution in [0.5, 0.6) is 11.5 Å². The molecule has 3 heteroatoms. The van der Waals surface area contributed by atoms with Crippen molar-refractivity contribution >= 4 is 11.9 Å². The number of ketones is 1. The third kappa shape index (κ3) is 4.21. The molecule has 3 nitrogen and oxygen atoms in total. The number of aromatic hydroxyl groups is 1. The van der Waals surface area contributed by atoms with E-state index in [0.717, 1.165) is 5.56 Å². The first-order valence-electron chi connectivity index (χ1n) is 6.83. The van der Waals surface area contributed by atoms with Crippen molar-refractivity contribution in [2.24, 2.45) is 0 Å². The fourth-order valence-electron chi connectivity index (χ4n) is 1.88. The fraction of sp³-hybridized carbons (Fsp3) is 0.167. The third-order valence-electron chi connectivity index (χ3n) is 2.83. The van der Waals surface area contributed by atoms with Crippen molar-refractivity contribution in [1.82, 2.24) is 0 Å². The Morgan fingerprint density at radius 1 is 1.14 bits per heavy atom. The second kappa shape index (κ2) is 6.75.